The number of hydrogen-bond acceptors (Lipinski definition) is 5. The molecule has 1 amide bonds. The third kappa shape index (κ3) is 6.45. The van der Waals surface area contributed by atoms with Crippen LogP contribution in [0.4, 0.5) is 0 Å². The Morgan fingerprint density at radius 1 is 1.00 bits per heavy atom. The molecular weight excluding hydrogens is 519 g/mol. The van der Waals surface area contributed by atoms with Crippen molar-refractivity contribution >= 4 is 35.1 Å². The molecule has 0 saturated heterocycles. The van der Waals surface area contributed by atoms with E-state index in [1.54, 1.807) is 30.3 Å². The van der Waals surface area contributed by atoms with E-state index in [1.165, 1.54) is 6.07 Å². The highest BCUT2D eigenvalue weighted by atomic mass is 35.5. The van der Waals surface area contributed by atoms with Crippen molar-refractivity contribution in [2.45, 2.75) is 25.0 Å². The molecule has 3 aromatic carbocycles. The first kappa shape index (κ1) is 26.2. The highest BCUT2D eigenvalue weighted by molar-refractivity contribution is 6.31. The number of amides is 1. The summed E-state index contributed by atoms with van der Waals surface area (Å²) in [7, 11) is 0. The second-order valence-corrected chi connectivity index (χ2v) is 9.15. The van der Waals surface area contributed by atoms with Gasteiger partial charge in [-0.25, -0.2) is 9.59 Å². The van der Waals surface area contributed by atoms with E-state index in [0.29, 0.717) is 21.3 Å². The average molecular weight is 541 g/mol. The van der Waals surface area contributed by atoms with E-state index in [1.807, 2.05) is 36.4 Å². The first-order valence-corrected chi connectivity index (χ1v) is 12.0. The van der Waals surface area contributed by atoms with Gasteiger partial charge in [-0.2, -0.15) is 4.68 Å². The van der Waals surface area contributed by atoms with E-state index in [2.05, 4.69) is 15.4 Å². The molecule has 4 aromatic rings. The minimum atomic E-state index is -1.73. The number of nitrogens with zero attached hydrogens (tertiary/aromatic N) is 2. The molecule has 2 unspecified atom stereocenters. The Morgan fingerprint density at radius 3 is 2.43 bits per heavy atom. The molecule has 1 heterocycles. The standard InChI is InChI=1S/C26H22Cl2N4O5/c27-18-7-4-8-20(13-18)32-26(37)30-23(31-32)24(34)29-19(14-22(33)25(35)36)11-17-10-9-16(12-21(17)28)15-5-2-1-3-6-15/h1-10,12-13,19,22,33H,11,14H2,(H,29,34)(H,35,36)(H,30,31,37). The van der Waals surface area contributed by atoms with E-state index in [4.69, 9.17) is 23.2 Å². The van der Waals surface area contributed by atoms with Crippen LogP contribution < -0.4 is 11.0 Å². The van der Waals surface area contributed by atoms with E-state index < -0.39 is 29.7 Å². The second-order valence-electron chi connectivity index (χ2n) is 8.31. The number of benzene rings is 3. The number of hydrogen-bond donors (Lipinski definition) is 4. The zero-order valence-corrected chi connectivity index (χ0v) is 20.8. The van der Waals surface area contributed by atoms with Crippen molar-refractivity contribution in [1.82, 2.24) is 20.1 Å². The van der Waals surface area contributed by atoms with Gasteiger partial charge in [0.2, 0.25) is 5.82 Å². The summed E-state index contributed by atoms with van der Waals surface area (Å²) in [6.45, 7) is 0. The molecule has 4 rings (SSSR count). The number of aromatic nitrogens is 3. The fourth-order valence-electron chi connectivity index (χ4n) is 3.82. The summed E-state index contributed by atoms with van der Waals surface area (Å²) in [4.78, 5) is 39.0. The number of carboxylic acids is 1. The minimum Gasteiger partial charge on any atom is -0.479 e. The van der Waals surface area contributed by atoms with E-state index in [-0.39, 0.29) is 18.7 Å². The van der Waals surface area contributed by atoms with Gasteiger partial charge in [-0.15, -0.1) is 5.10 Å². The Kier molecular flexibility index (Phi) is 8.08. The fraction of sp³-hybridized carbons (Fsp3) is 0.154. The molecular formula is C26H22Cl2N4O5. The van der Waals surface area contributed by atoms with Gasteiger partial charge in [-0.3, -0.25) is 9.78 Å². The van der Waals surface area contributed by atoms with Crippen LogP contribution in [0.1, 0.15) is 22.6 Å². The number of carboxylic acid groups (broad SMARTS) is 1. The quantitative estimate of drug-likeness (QED) is 0.255. The predicted octanol–water partition coefficient (Wildman–Crippen LogP) is 3.71. The molecule has 0 saturated carbocycles. The van der Waals surface area contributed by atoms with Crippen LogP contribution in [0.5, 0.6) is 0 Å². The Morgan fingerprint density at radius 2 is 1.76 bits per heavy atom. The lowest BCUT2D eigenvalue weighted by atomic mass is 9.97. The van der Waals surface area contributed by atoms with Crippen LogP contribution >= 0.6 is 23.2 Å². The smallest absolute Gasteiger partial charge is 0.348 e. The summed E-state index contributed by atoms with van der Waals surface area (Å²) in [6, 6.07) is 20.6. The van der Waals surface area contributed by atoms with Gasteiger partial charge in [0.25, 0.3) is 5.91 Å². The number of carbonyl (C=O) groups excluding carboxylic acids is 1. The molecule has 4 N–H and O–H groups in total. The Bertz CT molecular complexity index is 1490. The first-order valence-electron chi connectivity index (χ1n) is 11.2. The lowest BCUT2D eigenvalue weighted by Gasteiger charge is -2.20. The van der Waals surface area contributed by atoms with Crippen LogP contribution in [0.2, 0.25) is 10.0 Å². The highest BCUT2D eigenvalue weighted by Gasteiger charge is 2.25. The van der Waals surface area contributed by atoms with E-state index >= 15 is 0 Å². The van der Waals surface area contributed by atoms with Crippen molar-refractivity contribution in [3.05, 3.63) is 105 Å². The predicted molar refractivity (Wildman–Crippen MR) is 139 cm³/mol. The van der Waals surface area contributed by atoms with Gasteiger partial charge in [0.15, 0.2) is 6.10 Å². The van der Waals surface area contributed by atoms with Gasteiger partial charge in [-0.1, -0.05) is 71.7 Å². The zero-order valence-electron chi connectivity index (χ0n) is 19.3. The van der Waals surface area contributed by atoms with Gasteiger partial charge >= 0.3 is 11.7 Å². The van der Waals surface area contributed by atoms with Crippen LogP contribution in [0, 0.1) is 0 Å². The Labute approximate surface area is 221 Å². The lowest BCUT2D eigenvalue weighted by molar-refractivity contribution is -0.147. The average Bonchev–Trinajstić information content (AvgIpc) is 3.27. The molecule has 0 radical (unpaired) electrons. The summed E-state index contributed by atoms with van der Waals surface area (Å²) in [6.07, 6.45) is -1.89. The molecule has 1 aromatic heterocycles. The molecule has 0 spiro atoms. The monoisotopic (exact) mass is 540 g/mol. The fourth-order valence-corrected chi connectivity index (χ4v) is 4.26. The Hall–Kier alpha value is -3.92. The first-order chi connectivity index (χ1) is 17.7. The zero-order chi connectivity index (χ0) is 26.5. The normalized spacial score (nSPS) is 12.6. The number of nitrogens with one attached hydrogen (secondary N) is 2. The van der Waals surface area contributed by atoms with Gasteiger partial charge in [0.1, 0.15) is 0 Å². The van der Waals surface area contributed by atoms with Crippen molar-refractivity contribution in [2.24, 2.45) is 0 Å². The molecule has 0 aliphatic heterocycles. The van der Waals surface area contributed by atoms with Crippen LogP contribution in [0.25, 0.3) is 16.8 Å². The number of halogens is 2. The van der Waals surface area contributed by atoms with Gasteiger partial charge in [-0.05, 0) is 47.4 Å². The maximum absolute atomic E-state index is 12.9. The minimum absolute atomic E-state index is 0.128. The summed E-state index contributed by atoms with van der Waals surface area (Å²) in [5.41, 5.74) is 2.21. The highest BCUT2D eigenvalue weighted by Crippen LogP contribution is 2.27. The van der Waals surface area contributed by atoms with Crippen molar-refractivity contribution in [1.29, 1.82) is 0 Å². The Balaban J connectivity index is 1.56. The molecule has 2 atom stereocenters. The molecule has 9 nitrogen and oxygen atoms in total. The molecule has 0 bridgehead atoms. The van der Waals surface area contributed by atoms with Crippen LogP contribution in [0.3, 0.4) is 0 Å². The molecule has 0 aliphatic carbocycles. The number of rotatable bonds is 9. The SMILES string of the molecule is O=C(NC(Cc1ccc(-c2ccccc2)cc1Cl)CC(O)C(=O)O)c1nn(-c2cccc(Cl)c2)c(=O)[nH]1. The molecule has 11 heteroatoms. The van der Waals surface area contributed by atoms with Crippen LogP contribution in [0.15, 0.2) is 77.6 Å². The summed E-state index contributed by atoms with van der Waals surface area (Å²) < 4.78 is 0.987. The number of H-pyrrole nitrogens is 1. The third-order valence-corrected chi connectivity index (χ3v) is 6.23. The van der Waals surface area contributed by atoms with Gasteiger partial charge in [0, 0.05) is 22.5 Å². The number of carbonyl (C=O) groups is 2. The summed E-state index contributed by atoms with van der Waals surface area (Å²) >= 11 is 12.5. The van der Waals surface area contributed by atoms with Gasteiger partial charge < -0.3 is 15.5 Å². The van der Waals surface area contributed by atoms with Crippen molar-refractivity contribution in [3.8, 4) is 16.8 Å². The molecule has 37 heavy (non-hydrogen) atoms. The van der Waals surface area contributed by atoms with Gasteiger partial charge in [0.05, 0.1) is 5.69 Å². The molecule has 190 valence electrons. The number of aliphatic hydroxyl groups excluding tert-OH is 1. The lowest BCUT2D eigenvalue weighted by Crippen LogP contribution is -2.41. The summed E-state index contributed by atoms with van der Waals surface area (Å²) in [5.74, 6) is -2.47. The van der Waals surface area contributed by atoms with Crippen molar-refractivity contribution in [2.75, 3.05) is 0 Å². The number of aromatic amines is 1. The second kappa shape index (κ2) is 11.4. The topological polar surface area (TPSA) is 137 Å². The number of aliphatic hydroxyl groups is 1. The third-order valence-electron chi connectivity index (χ3n) is 5.64. The largest absolute Gasteiger partial charge is 0.479 e. The van der Waals surface area contributed by atoms with Crippen LogP contribution in [-0.2, 0) is 11.2 Å². The van der Waals surface area contributed by atoms with Crippen LogP contribution in [-0.4, -0.2) is 49.0 Å². The molecule has 0 fully saturated rings. The summed E-state index contributed by atoms with van der Waals surface area (Å²) in [5, 5.41) is 26.6. The maximum atomic E-state index is 12.9. The van der Waals surface area contributed by atoms with E-state index in [0.717, 1.165) is 15.8 Å². The number of aliphatic carboxylic acids is 1. The van der Waals surface area contributed by atoms with Crippen molar-refractivity contribution in [3.63, 3.8) is 0 Å². The molecule has 0 aliphatic rings. The maximum Gasteiger partial charge on any atom is 0.348 e. The van der Waals surface area contributed by atoms with Crippen molar-refractivity contribution < 1.29 is 19.8 Å². The van der Waals surface area contributed by atoms with E-state index in [9.17, 15) is 24.6 Å².